The summed E-state index contributed by atoms with van der Waals surface area (Å²) < 4.78 is 5.18. The first-order chi connectivity index (χ1) is 9.33. The van der Waals surface area contributed by atoms with E-state index < -0.39 is 0 Å². The molecule has 1 aromatic carbocycles. The Morgan fingerprint density at radius 1 is 1.26 bits per heavy atom. The summed E-state index contributed by atoms with van der Waals surface area (Å²) in [4.78, 5) is 11.9. The van der Waals surface area contributed by atoms with Crippen LogP contribution in [-0.2, 0) is 0 Å². The second kappa shape index (κ2) is 4.73. The van der Waals surface area contributed by atoms with Gasteiger partial charge in [0, 0.05) is 5.56 Å². The molecule has 3 rings (SSSR count). The number of benzene rings is 1. The van der Waals surface area contributed by atoms with Crippen LogP contribution in [0.4, 0.5) is 5.95 Å². The van der Waals surface area contributed by atoms with Crippen molar-refractivity contribution in [1.82, 2.24) is 20.2 Å². The summed E-state index contributed by atoms with van der Waals surface area (Å²) >= 11 is 0. The van der Waals surface area contributed by atoms with Gasteiger partial charge in [0.15, 0.2) is 5.69 Å². The first kappa shape index (κ1) is 11.1. The van der Waals surface area contributed by atoms with Crippen molar-refractivity contribution in [2.75, 3.05) is 0 Å². The standard InChI is InChI=1S/C12H9N5O2/c18-11-9(6-13-12-14-7-15-17-12)16-10(19-11)8-4-2-1-3-5-8/h1-7,18H,(H,14,15,17)/b13-6+. The van der Waals surface area contributed by atoms with Gasteiger partial charge in [-0.1, -0.05) is 18.2 Å². The molecular weight excluding hydrogens is 246 g/mol. The summed E-state index contributed by atoms with van der Waals surface area (Å²) in [6, 6.07) is 9.28. The van der Waals surface area contributed by atoms with Crippen molar-refractivity contribution >= 4 is 12.2 Å². The zero-order chi connectivity index (χ0) is 13.1. The van der Waals surface area contributed by atoms with E-state index in [-0.39, 0.29) is 11.6 Å². The van der Waals surface area contributed by atoms with E-state index in [9.17, 15) is 5.11 Å². The summed E-state index contributed by atoms with van der Waals surface area (Å²) in [6.07, 6.45) is 2.69. The zero-order valence-corrected chi connectivity index (χ0v) is 9.69. The molecule has 19 heavy (non-hydrogen) atoms. The van der Waals surface area contributed by atoms with Crippen LogP contribution in [0.5, 0.6) is 5.95 Å². The molecule has 0 saturated carbocycles. The second-order valence-electron chi connectivity index (χ2n) is 3.64. The fraction of sp³-hybridized carbons (Fsp3) is 0. The molecule has 0 radical (unpaired) electrons. The molecule has 0 spiro atoms. The molecule has 7 nitrogen and oxygen atoms in total. The number of rotatable bonds is 3. The van der Waals surface area contributed by atoms with E-state index in [0.717, 1.165) is 5.56 Å². The van der Waals surface area contributed by atoms with Crippen LogP contribution < -0.4 is 0 Å². The highest BCUT2D eigenvalue weighted by Crippen LogP contribution is 2.25. The number of H-pyrrole nitrogens is 1. The highest BCUT2D eigenvalue weighted by molar-refractivity contribution is 5.82. The molecule has 0 aliphatic rings. The lowest BCUT2D eigenvalue weighted by atomic mass is 10.2. The van der Waals surface area contributed by atoms with Crippen LogP contribution >= 0.6 is 0 Å². The molecule has 2 aromatic heterocycles. The van der Waals surface area contributed by atoms with Gasteiger partial charge in [0.2, 0.25) is 11.8 Å². The third kappa shape index (κ3) is 2.34. The minimum atomic E-state index is -0.290. The van der Waals surface area contributed by atoms with Gasteiger partial charge < -0.3 is 9.52 Å². The number of nitrogens with zero attached hydrogens (tertiary/aromatic N) is 4. The molecule has 0 fully saturated rings. The second-order valence-corrected chi connectivity index (χ2v) is 3.64. The van der Waals surface area contributed by atoms with Crippen molar-refractivity contribution < 1.29 is 9.52 Å². The Morgan fingerprint density at radius 2 is 2.11 bits per heavy atom. The van der Waals surface area contributed by atoms with Gasteiger partial charge in [-0.2, -0.15) is 10.1 Å². The van der Waals surface area contributed by atoms with Gasteiger partial charge in [-0.3, -0.25) is 0 Å². The Kier molecular flexibility index (Phi) is 2.77. The summed E-state index contributed by atoms with van der Waals surface area (Å²) in [5.74, 6) is 0.364. The topological polar surface area (TPSA) is 100 Å². The molecule has 0 unspecified atom stereocenters. The van der Waals surface area contributed by atoms with Crippen molar-refractivity contribution in [1.29, 1.82) is 0 Å². The quantitative estimate of drug-likeness (QED) is 0.696. The lowest BCUT2D eigenvalue weighted by Gasteiger charge is -1.91. The molecular formula is C12H9N5O2. The van der Waals surface area contributed by atoms with Gasteiger partial charge in [-0.25, -0.2) is 15.1 Å². The molecule has 0 atom stereocenters. The van der Waals surface area contributed by atoms with Gasteiger partial charge >= 0.3 is 5.95 Å². The normalized spacial score (nSPS) is 11.2. The van der Waals surface area contributed by atoms with Crippen molar-refractivity contribution in [3.63, 3.8) is 0 Å². The average molecular weight is 255 g/mol. The van der Waals surface area contributed by atoms with Crippen LogP contribution in [0.25, 0.3) is 11.5 Å². The smallest absolute Gasteiger partial charge is 0.312 e. The lowest BCUT2D eigenvalue weighted by molar-refractivity contribution is 0.337. The molecule has 3 aromatic rings. The van der Waals surface area contributed by atoms with Crippen molar-refractivity contribution in [2.24, 2.45) is 4.99 Å². The highest BCUT2D eigenvalue weighted by Gasteiger charge is 2.11. The first-order valence-corrected chi connectivity index (χ1v) is 5.47. The van der Waals surface area contributed by atoms with Crippen molar-refractivity contribution in [2.45, 2.75) is 0 Å². The van der Waals surface area contributed by atoms with Crippen LogP contribution in [0.15, 0.2) is 46.1 Å². The Balaban J connectivity index is 1.90. The monoisotopic (exact) mass is 255 g/mol. The third-order valence-corrected chi connectivity index (χ3v) is 2.37. The van der Waals surface area contributed by atoms with Gasteiger partial charge in [0.05, 0.1) is 6.21 Å². The first-order valence-electron chi connectivity index (χ1n) is 5.47. The summed E-state index contributed by atoms with van der Waals surface area (Å²) in [6.45, 7) is 0. The lowest BCUT2D eigenvalue weighted by Crippen LogP contribution is -1.83. The Morgan fingerprint density at radius 3 is 2.84 bits per heavy atom. The average Bonchev–Trinajstić information content (AvgIpc) is 3.07. The maximum absolute atomic E-state index is 9.65. The van der Waals surface area contributed by atoms with Crippen molar-refractivity contribution in [3.05, 3.63) is 42.4 Å². The van der Waals surface area contributed by atoms with Gasteiger partial charge in [-0.15, -0.1) is 0 Å². The van der Waals surface area contributed by atoms with Crippen LogP contribution in [0, 0.1) is 0 Å². The number of aliphatic imine (C=N–C) groups is 1. The van der Waals surface area contributed by atoms with E-state index in [1.165, 1.54) is 12.5 Å². The molecule has 0 aliphatic carbocycles. The SMILES string of the molecule is Oc1oc(-c2ccccc2)nc1/C=N/c1ncn[nH]1. The molecule has 0 saturated heterocycles. The molecule has 0 aliphatic heterocycles. The van der Waals surface area contributed by atoms with Crippen LogP contribution in [0.2, 0.25) is 0 Å². The van der Waals surface area contributed by atoms with E-state index in [1.54, 1.807) is 0 Å². The van der Waals surface area contributed by atoms with Gasteiger partial charge in [0.25, 0.3) is 0 Å². The summed E-state index contributed by atoms with van der Waals surface area (Å²) in [7, 11) is 0. The van der Waals surface area contributed by atoms with Gasteiger partial charge in [0.1, 0.15) is 6.33 Å². The summed E-state index contributed by atoms with van der Waals surface area (Å²) in [5.41, 5.74) is 1.01. The van der Waals surface area contributed by atoms with E-state index in [4.69, 9.17) is 4.42 Å². The molecule has 0 amide bonds. The molecule has 2 N–H and O–H groups in total. The number of hydrogen-bond acceptors (Lipinski definition) is 6. The Bertz CT molecular complexity index is 688. The number of nitrogens with one attached hydrogen (secondary N) is 1. The molecule has 94 valence electrons. The number of aromatic amines is 1. The van der Waals surface area contributed by atoms with Crippen LogP contribution in [0.3, 0.4) is 0 Å². The largest absolute Gasteiger partial charge is 0.479 e. The summed E-state index contributed by atoms with van der Waals surface area (Å²) in [5, 5.41) is 15.9. The molecule has 7 heteroatoms. The van der Waals surface area contributed by atoms with Crippen LogP contribution in [0.1, 0.15) is 5.69 Å². The predicted octanol–water partition coefficient (Wildman–Crippen LogP) is 1.92. The van der Waals surface area contributed by atoms with Gasteiger partial charge in [-0.05, 0) is 12.1 Å². The third-order valence-electron chi connectivity index (χ3n) is 2.37. The maximum Gasteiger partial charge on any atom is 0.312 e. The predicted molar refractivity (Wildman–Crippen MR) is 67.2 cm³/mol. The minimum Gasteiger partial charge on any atom is -0.479 e. The van der Waals surface area contributed by atoms with E-state index in [0.29, 0.717) is 11.8 Å². The fourth-order valence-electron chi connectivity index (χ4n) is 1.50. The van der Waals surface area contributed by atoms with E-state index >= 15 is 0 Å². The number of hydrogen-bond donors (Lipinski definition) is 2. The zero-order valence-electron chi connectivity index (χ0n) is 9.69. The molecule has 2 heterocycles. The maximum atomic E-state index is 9.65. The number of aromatic hydroxyl groups is 1. The Labute approximate surface area is 107 Å². The molecule has 0 bridgehead atoms. The van der Waals surface area contributed by atoms with E-state index in [1.807, 2.05) is 30.3 Å². The van der Waals surface area contributed by atoms with E-state index in [2.05, 4.69) is 25.2 Å². The number of oxazole rings is 1. The minimum absolute atomic E-state index is 0.232. The highest BCUT2D eigenvalue weighted by atomic mass is 16.5. The Hall–Kier alpha value is -2.96. The van der Waals surface area contributed by atoms with Crippen molar-refractivity contribution in [3.8, 4) is 17.4 Å². The number of aromatic nitrogens is 4. The van der Waals surface area contributed by atoms with Crippen LogP contribution in [-0.4, -0.2) is 31.5 Å². The fourth-order valence-corrected chi connectivity index (χ4v) is 1.50.